The number of carbonyl (C=O) groups is 2. The Morgan fingerprint density at radius 2 is 2.04 bits per heavy atom. The minimum atomic E-state index is -1.02. The van der Waals surface area contributed by atoms with Gasteiger partial charge in [-0.1, -0.05) is 43.2 Å². The number of hydrogen-bond donors (Lipinski definition) is 1. The topological polar surface area (TPSA) is 54.4 Å². The fraction of sp³-hybridized carbons (Fsp3) is 0.680. The van der Waals surface area contributed by atoms with E-state index in [1.165, 1.54) is 11.1 Å². The number of aliphatic hydroxyl groups is 1. The zero-order valence-corrected chi connectivity index (χ0v) is 18.1. The van der Waals surface area contributed by atoms with Gasteiger partial charge >= 0.3 is 0 Å². The van der Waals surface area contributed by atoms with Crippen molar-refractivity contribution in [2.45, 2.75) is 78.7 Å². The molecule has 1 N–H and O–H groups in total. The molecule has 154 valence electrons. The summed E-state index contributed by atoms with van der Waals surface area (Å²) in [5.41, 5.74) is 2.49. The Morgan fingerprint density at radius 1 is 1.32 bits per heavy atom. The molecule has 6 atom stereocenters. The Kier molecular flexibility index (Phi) is 5.87. The molecule has 0 heterocycles. The quantitative estimate of drug-likeness (QED) is 0.524. The van der Waals surface area contributed by atoms with E-state index in [2.05, 4.69) is 39.8 Å². The first-order valence-electron chi connectivity index (χ1n) is 10.8. The highest BCUT2D eigenvalue weighted by atomic mass is 16.3. The summed E-state index contributed by atoms with van der Waals surface area (Å²) in [4.78, 5) is 24.4. The smallest absolute Gasteiger partial charge is 0.146 e. The second-order valence-electron chi connectivity index (χ2n) is 10.2. The van der Waals surface area contributed by atoms with Gasteiger partial charge in [0.2, 0.25) is 0 Å². The maximum Gasteiger partial charge on any atom is 0.146 e. The van der Waals surface area contributed by atoms with Crippen molar-refractivity contribution in [2.75, 3.05) is 0 Å². The van der Waals surface area contributed by atoms with Crippen molar-refractivity contribution < 1.29 is 14.7 Å². The normalized spacial score (nSPS) is 40.4. The van der Waals surface area contributed by atoms with Crippen LogP contribution in [0.5, 0.6) is 0 Å². The van der Waals surface area contributed by atoms with Gasteiger partial charge in [-0.15, -0.1) is 0 Å². The second-order valence-corrected chi connectivity index (χ2v) is 10.2. The minimum Gasteiger partial charge on any atom is -0.389 e. The number of rotatable bonds is 5. The van der Waals surface area contributed by atoms with Gasteiger partial charge < -0.3 is 5.11 Å². The van der Waals surface area contributed by atoms with Gasteiger partial charge in [-0.25, -0.2) is 0 Å². The molecule has 0 unspecified atom stereocenters. The van der Waals surface area contributed by atoms with Crippen molar-refractivity contribution >= 4 is 12.1 Å². The van der Waals surface area contributed by atoms with Crippen molar-refractivity contribution in [3.05, 3.63) is 34.9 Å². The van der Waals surface area contributed by atoms with Crippen molar-refractivity contribution in [1.82, 2.24) is 0 Å². The van der Waals surface area contributed by atoms with Crippen molar-refractivity contribution in [3.63, 3.8) is 0 Å². The Balaban J connectivity index is 1.88. The molecule has 0 aromatic heterocycles. The highest BCUT2D eigenvalue weighted by molar-refractivity contribution is 5.94. The Hall–Kier alpha value is -1.48. The molecule has 3 aliphatic rings. The first-order chi connectivity index (χ1) is 13.1. The van der Waals surface area contributed by atoms with Crippen LogP contribution in [0.1, 0.15) is 73.1 Å². The van der Waals surface area contributed by atoms with E-state index >= 15 is 0 Å². The molecule has 0 spiro atoms. The van der Waals surface area contributed by atoms with Crippen molar-refractivity contribution in [2.24, 2.45) is 29.1 Å². The third-order valence-corrected chi connectivity index (χ3v) is 7.62. The van der Waals surface area contributed by atoms with Gasteiger partial charge in [0.25, 0.3) is 0 Å². The van der Waals surface area contributed by atoms with Crippen LogP contribution in [0.15, 0.2) is 34.9 Å². The van der Waals surface area contributed by atoms with Crippen LogP contribution in [0.2, 0.25) is 0 Å². The van der Waals surface area contributed by atoms with Gasteiger partial charge in [0.05, 0.1) is 11.5 Å². The average molecular weight is 385 g/mol. The van der Waals surface area contributed by atoms with E-state index in [1.54, 1.807) is 6.92 Å². The first kappa shape index (κ1) is 21.2. The maximum absolute atomic E-state index is 12.6. The van der Waals surface area contributed by atoms with E-state index < -0.39 is 11.5 Å². The SMILES string of the molecule is CC(C)=CCC[C@H](C)C1=CC[C@]2(C)C[C@H]3[C@H](C(=O)C[C@@]3(C)O)/C(C=O)=C\C[C@@H]12. The lowest BCUT2D eigenvalue weighted by Gasteiger charge is -2.42. The lowest BCUT2D eigenvalue weighted by atomic mass is 9.62. The van der Waals surface area contributed by atoms with Gasteiger partial charge in [0, 0.05) is 12.3 Å². The number of fused-ring (bicyclic) bond motifs is 2. The summed E-state index contributed by atoms with van der Waals surface area (Å²) in [5.74, 6) is 0.326. The predicted molar refractivity (Wildman–Crippen MR) is 113 cm³/mol. The van der Waals surface area contributed by atoms with Gasteiger partial charge in [-0.05, 0) is 75.7 Å². The Labute approximate surface area is 170 Å². The highest BCUT2D eigenvalue weighted by Gasteiger charge is 2.55. The van der Waals surface area contributed by atoms with E-state index in [0.717, 1.165) is 38.4 Å². The molecule has 1 saturated carbocycles. The molecule has 0 amide bonds. The summed E-state index contributed by atoms with van der Waals surface area (Å²) in [6.45, 7) is 10.7. The molecule has 0 radical (unpaired) electrons. The molecule has 3 heteroatoms. The molecule has 0 saturated heterocycles. The van der Waals surface area contributed by atoms with Crippen LogP contribution < -0.4 is 0 Å². The van der Waals surface area contributed by atoms with Gasteiger partial charge in [-0.2, -0.15) is 0 Å². The lowest BCUT2D eigenvalue weighted by molar-refractivity contribution is -0.121. The van der Waals surface area contributed by atoms with Crippen LogP contribution in [0.25, 0.3) is 0 Å². The third-order valence-electron chi connectivity index (χ3n) is 7.62. The van der Waals surface area contributed by atoms with Gasteiger partial charge in [0.1, 0.15) is 12.1 Å². The number of allylic oxidation sites excluding steroid dienone is 6. The molecular formula is C25H36O3. The van der Waals surface area contributed by atoms with Gasteiger partial charge in [-0.3, -0.25) is 9.59 Å². The number of hydrogen-bond acceptors (Lipinski definition) is 3. The summed E-state index contributed by atoms with van der Waals surface area (Å²) in [6, 6.07) is 0. The summed E-state index contributed by atoms with van der Waals surface area (Å²) in [6.07, 6.45) is 12.6. The number of Topliss-reactive ketones (excluding diaryl/α,β-unsaturated/α-hetero) is 1. The monoisotopic (exact) mass is 384 g/mol. The van der Waals surface area contributed by atoms with E-state index in [9.17, 15) is 14.7 Å². The molecule has 1 fully saturated rings. The highest BCUT2D eigenvalue weighted by Crippen LogP contribution is 2.57. The molecule has 0 aliphatic heterocycles. The molecule has 0 aromatic rings. The molecule has 3 nitrogen and oxygen atoms in total. The van der Waals surface area contributed by atoms with Crippen LogP contribution in [-0.2, 0) is 9.59 Å². The van der Waals surface area contributed by atoms with E-state index in [0.29, 0.717) is 17.4 Å². The van der Waals surface area contributed by atoms with Crippen molar-refractivity contribution in [3.8, 4) is 0 Å². The molecule has 28 heavy (non-hydrogen) atoms. The summed E-state index contributed by atoms with van der Waals surface area (Å²) in [7, 11) is 0. The first-order valence-corrected chi connectivity index (χ1v) is 10.8. The fourth-order valence-corrected chi connectivity index (χ4v) is 5.96. The standard InChI is InChI=1S/C25H36O3/c1-16(2)7-6-8-17(3)19-11-12-24(4)13-21-23(22(27)14-25(21,5)28)18(15-26)9-10-20(19)24/h7,9,11,15,17,20-21,23,28H,6,8,10,12-14H2,1-5H3/b18-9-/t17-,20-,21-,23+,24+,25+/m0/s1. The predicted octanol–water partition coefficient (Wildman–Crippen LogP) is 5.20. The van der Waals surface area contributed by atoms with E-state index in [-0.39, 0.29) is 23.5 Å². The number of carbonyl (C=O) groups excluding carboxylic acids is 2. The molecule has 3 aliphatic carbocycles. The maximum atomic E-state index is 12.6. The zero-order valence-electron chi connectivity index (χ0n) is 18.1. The Bertz CT molecular complexity index is 735. The van der Waals surface area contributed by atoms with Gasteiger partial charge in [0.15, 0.2) is 0 Å². The summed E-state index contributed by atoms with van der Waals surface area (Å²) >= 11 is 0. The van der Waals surface area contributed by atoms with E-state index in [4.69, 9.17) is 0 Å². The molecule has 3 rings (SSSR count). The second kappa shape index (κ2) is 7.74. The Morgan fingerprint density at radius 3 is 2.68 bits per heavy atom. The van der Waals surface area contributed by atoms with Crippen LogP contribution in [0.3, 0.4) is 0 Å². The zero-order chi connectivity index (χ0) is 20.7. The van der Waals surface area contributed by atoms with Crippen molar-refractivity contribution in [1.29, 1.82) is 0 Å². The van der Waals surface area contributed by atoms with Crippen LogP contribution >= 0.6 is 0 Å². The minimum absolute atomic E-state index is 0.0247. The molecular weight excluding hydrogens is 348 g/mol. The van der Waals surface area contributed by atoms with Crippen LogP contribution in [-0.4, -0.2) is 22.8 Å². The average Bonchev–Trinajstić information content (AvgIpc) is 3.01. The van der Waals surface area contributed by atoms with Crippen LogP contribution in [0.4, 0.5) is 0 Å². The largest absolute Gasteiger partial charge is 0.389 e. The fourth-order valence-electron chi connectivity index (χ4n) is 5.96. The lowest BCUT2D eigenvalue weighted by Crippen LogP contribution is -2.40. The number of ketones is 1. The van der Waals surface area contributed by atoms with Crippen LogP contribution in [0, 0.1) is 29.1 Å². The molecule has 0 aromatic carbocycles. The molecule has 0 bridgehead atoms. The third kappa shape index (κ3) is 3.83. The van der Waals surface area contributed by atoms with E-state index in [1.807, 2.05) is 6.08 Å². The summed E-state index contributed by atoms with van der Waals surface area (Å²) in [5, 5.41) is 11.0. The number of aldehydes is 1. The summed E-state index contributed by atoms with van der Waals surface area (Å²) < 4.78 is 0.